The maximum absolute atomic E-state index is 7.32. The van der Waals surface area contributed by atoms with Gasteiger partial charge in [-0.05, 0) is 31.8 Å². The van der Waals surface area contributed by atoms with Crippen molar-refractivity contribution in [3.8, 4) is 6.07 Å². The van der Waals surface area contributed by atoms with Crippen molar-refractivity contribution in [1.82, 2.24) is 9.88 Å². The first-order chi connectivity index (χ1) is 7.76. The number of nitrogens with zero attached hydrogens (tertiary/aromatic N) is 3. The van der Waals surface area contributed by atoms with E-state index in [4.69, 9.17) is 5.26 Å². The van der Waals surface area contributed by atoms with E-state index in [0.717, 1.165) is 0 Å². The minimum atomic E-state index is 1.19. The molecule has 3 heteroatoms. The molecule has 0 radical (unpaired) electrons. The summed E-state index contributed by atoms with van der Waals surface area (Å²) in [4.78, 5) is 6.16. The summed E-state index contributed by atoms with van der Waals surface area (Å²) in [7, 11) is 0. The molecule has 0 unspecified atom stereocenters. The third-order valence-electron chi connectivity index (χ3n) is 1.91. The van der Waals surface area contributed by atoms with Gasteiger partial charge < -0.3 is 4.90 Å². The fourth-order valence-corrected chi connectivity index (χ4v) is 0.983. The average molecular weight is 221 g/mol. The molecule has 16 heavy (non-hydrogen) atoms. The maximum Gasteiger partial charge on any atom is 0.0587 e. The highest BCUT2D eigenvalue weighted by atomic mass is 15.1. The predicted octanol–water partition coefficient (Wildman–Crippen LogP) is 2.96. The van der Waals surface area contributed by atoms with Gasteiger partial charge in [-0.1, -0.05) is 26.8 Å². The number of nitriles is 1. The molecule has 1 rings (SSSR count). The molecule has 0 aliphatic rings. The van der Waals surface area contributed by atoms with E-state index in [2.05, 4.69) is 30.7 Å². The van der Waals surface area contributed by atoms with Crippen molar-refractivity contribution in [3.63, 3.8) is 0 Å². The summed E-state index contributed by atoms with van der Waals surface area (Å²) < 4.78 is 0. The Morgan fingerprint density at radius 1 is 1.00 bits per heavy atom. The fraction of sp³-hybridized carbons (Fsp3) is 0.538. The lowest BCUT2D eigenvalue weighted by atomic mass is 10.5. The third-order valence-corrected chi connectivity index (χ3v) is 1.91. The molecule has 0 fully saturated rings. The summed E-state index contributed by atoms with van der Waals surface area (Å²) >= 11 is 0. The van der Waals surface area contributed by atoms with E-state index in [9.17, 15) is 0 Å². The van der Waals surface area contributed by atoms with Crippen LogP contribution in [-0.2, 0) is 0 Å². The summed E-state index contributed by atoms with van der Waals surface area (Å²) in [6, 6.07) is 7.47. The Morgan fingerprint density at radius 2 is 1.38 bits per heavy atom. The van der Waals surface area contributed by atoms with Crippen LogP contribution in [0.4, 0.5) is 0 Å². The lowest BCUT2D eigenvalue weighted by Gasteiger charge is -2.13. The second-order valence-electron chi connectivity index (χ2n) is 2.87. The zero-order chi connectivity index (χ0) is 12.6. The quantitative estimate of drug-likeness (QED) is 0.787. The highest BCUT2D eigenvalue weighted by molar-refractivity contribution is 4.88. The molecule has 3 nitrogen and oxygen atoms in total. The molecule has 0 aliphatic heterocycles. The lowest BCUT2D eigenvalue weighted by molar-refractivity contribution is 0.321. The van der Waals surface area contributed by atoms with Crippen LogP contribution in [0.25, 0.3) is 0 Å². The molecule has 1 aromatic heterocycles. The molecule has 0 aromatic carbocycles. The Bertz CT molecular complexity index is 205. The van der Waals surface area contributed by atoms with Crippen LogP contribution in [0.5, 0.6) is 0 Å². The second-order valence-corrected chi connectivity index (χ2v) is 2.87. The van der Waals surface area contributed by atoms with Gasteiger partial charge in [0.15, 0.2) is 0 Å². The van der Waals surface area contributed by atoms with Crippen molar-refractivity contribution in [2.45, 2.75) is 27.7 Å². The first-order valence-corrected chi connectivity index (χ1v) is 5.64. The summed E-state index contributed by atoms with van der Waals surface area (Å²) in [6.45, 7) is 11.6. The Hall–Kier alpha value is -1.40. The lowest BCUT2D eigenvalue weighted by Crippen LogP contribution is -2.21. The normalized spacial score (nSPS) is 8.00. The monoisotopic (exact) mass is 221 g/mol. The Labute approximate surface area is 99.7 Å². The second kappa shape index (κ2) is 16.0. The first-order valence-electron chi connectivity index (χ1n) is 5.64. The van der Waals surface area contributed by atoms with Crippen LogP contribution in [0.1, 0.15) is 27.7 Å². The van der Waals surface area contributed by atoms with Gasteiger partial charge in [-0.2, -0.15) is 5.26 Å². The van der Waals surface area contributed by atoms with Gasteiger partial charge in [-0.3, -0.25) is 4.98 Å². The SMILES string of the molecule is CC#N.CCN(CC)CC.c1ccncc1. The van der Waals surface area contributed by atoms with Gasteiger partial charge in [0.2, 0.25) is 0 Å². The third kappa shape index (κ3) is 15.1. The van der Waals surface area contributed by atoms with Gasteiger partial charge in [-0.25, -0.2) is 0 Å². The molecule has 0 atom stereocenters. The molecule has 1 heterocycles. The molecule has 0 amide bonds. The van der Waals surface area contributed by atoms with E-state index in [1.165, 1.54) is 26.6 Å². The smallest absolute Gasteiger partial charge is 0.0587 e. The summed E-state index contributed by atoms with van der Waals surface area (Å²) in [5.74, 6) is 0. The van der Waals surface area contributed by atoms with E-state index in [-0.39, 0.29) is 0 Å². The summed E-state index contributed by atoms with van der Waals surface area (Å²) in [6.07, 6.45) is 3.50. The summed E-state index contributed by atoms with van der Waals surface area (Å²) in [5.41, 5.74) is 0. The average Bonchev–Trinajstić information content (AvgIpc) is 2.35. The van der Waals surface area contributed by atoms with Crippen LogP contribution < -0.4 is 0 Å². The van der Waals surface area contributed by atoms with E-state index in [1.807, 2.05) is 18.2 Å². The molecule has 0 bridgehead atoms. The van der Waals surface area contributed by atoms with Gasteiger partial charge >= 0.3 is 0 Å². The van der Waals surface area contributed by atoms with Crippen LogP contribution in [0.3, 0.4) is 0 Å². The molecule has 0 spiro atoms. The van der Waals surface area contributed by atoms with Crippen molar-refractivity contribution >= 4 is 0 Å². The number of aromatic nitrogens is 1. The van der Waals surface area contributed by atoms with Crippen LogP contribution in [-0.4, -0.2) is 29.5 Å². The Morgan fingerprint density at radius 3 is 1.44 bits per heavy atom. The molecular formula is C13H23N3. The zero-order valence-corrected chi connectivity index (χ0v) is 10.8. The minimum absolute atomic E-state index is 1.19. The number of rotatable bonds is 3. The zero-order valence-electron chi connectivity index (χ0n) is 10.8. The Balaban J connectivity index is 0. The van der Waals surface area contributed by atoms with Crippen LogP contribution in [0.15, 0.2) is 30.6 Å². The molecule has 0 aliphatic carbocycles. The van der Waals surface area contributed by atoms with Crippen molar-refractivity contribution in [2.24, 2.45) is 0 Å². The van der Waals surface area contributed by atoms with E-state index < -0.39 is 0 Å². The number of pyridine rings is 1. The van der Waals surface area contributed by atoms with Gasteiger partial charge in [0.1, 0.15) is 0 Å². The van der Waals surface area contributed by atoms with E-state index in [1.54, 1.807) is 18.5 Å². The van der Waals surface area contributed by atoms with Gasteiger partial charge in [0, 0.05) is 19.3 Å². The van der Waals surface area contributed by atoms with E-state index in [0.29, 0.717) is 0 Å². The molecule has 0 saturated carbocycles. The minimum Gasteiger partial charge on any atom is -0.304 e. The fourth-order valence-electron chi connectivity index (χ4n) is 0.983. The first kappa shape index (κ1) is 17.0. The van der Waals surface area contributed by atoms with Crippen molar-refractivity contribution < 1.29 is 0 Å². The highest BCUT2D eigenvalue weighted by Gasteiger charge is 1.89. The summed E-state index contributed by atoms with van der Waals surface area (Å²) in [5, 5.41) is 7.32. The molecule has 1 aromatic rings. The Kier molecular flexibility index (Phi) is 17.1. The van der Waals surface area contributed by atoms with Crippen molar-refractivity contribution in [1.29, 1.82) is 5.26 Å². The predicted molar refractivity (Wildman–Crippen MR) is 69.0 cm³/mol. The largest absolute Gasteiger partial charge is 0.304 e. The van der Waals surface area contributed by atoms with E-state index >= 15 is 0 Å². The highest BCUT2D eigenvalue weighted by Crippen LogP contribution is 1.81. The standard InChI is InChI=1S/C6H15N.C5H5N.C2H3N/c1-4-7(5-2)6-3;1-2-4-6-5-3-1;1-2-3/h4-6H2,1-3H3;1-5H;1H3. The van der Waals surface area contributed by atoms with Crippen LogP contribution in [0.2, 0.25) is 0 Å². The topological polar surface area (TPSA) is 39.9 Å². The van der Waals surface area contributed by atoms with Crippen molar-refractivity contribution in [3.05, 3.63) is 30.6 Å². The van der Waals surface area contributed by atoms with Gasteiger partial charge in [0.05, 0.1) is 6.07 Å². The van der Waals surface area contributed by atoms with Gasteiger partial charge in [0.25, 0.3) is 0 Å². The molecule has 0 N–H and O–H groups in total. The maximum atomic E-state index is 7.32. The van der Waals surface area contributed by atoms with Crippen LogP contribution in [0, 0.1) is 11.3 Å². The molecule has 90 valence electrons. The van der Waals surface area contributed by atoms with Crippen LogP contribution >= 0.6 is 0 Å². The van der Waals surface area contributed by atoms with Crippen molar-refractivity contribution in [2.75, 3.05) is 19.6 Å². The number of hydrogen-bond donors (Lipinski definition) is 0. The number of hydrogen-bond acceptors (Lipinski definition) is 3. The van der Waals surface area contributed by atoms with Gasteiger partial charge in [-0.15, -0.1) is 0 Å². The molecule has 0 saturated heterocycles. The molecular weight excluding hydrogens is 198 g/mol.